The van der Waals surface area contributed by atoms with Gasteiger partial charge in [0.1, 0.15) is 5.76 Å². The summed E-state index contributed by atoms with van der Waals surface area (Å²) in [6.45, 7) is 3.67. The number of anilines is 1. The van der Waals surface area contributed by atoms with Crippen LogP contribution < -0.4 is 5.73 Å². The molecule has 6 heteroatoms. The number of carboxylic acid groups (broad SMARTS) is 1. The molecule has 1 aromatic carbocycles. The van der Waals surface area contributed by atoms with Crippen LogP contribution in [0.1, 0.15) is 21.8 Å². The van der Waals surface area contributed by atoms with Crippen molar-refractivity contribution >= 4 is 23.4 Å². The number of oxazole rings is 1. The highest BCUT2D eigenvalue weighted by molar-refractivity contribution is 7.99. The molecule has 0 bridgehead atoms. The van der Waals surface area contributed by atoms with Crippen molar-refractivity contribution in [3.63, 3.8) is 0 Å². The van der Waals surface area contributed by atoms with Crippen LogP contribution in [0, 0.1) is 13.8 Å². The largest absolute Gasteiger partial charge is 0.478 e. The Morgan fingerprint density at radius 3 is 2.72 bits per heavy atom. The summed E-state index contributed by atoms with van der Waals surface area (Å²) in [5.41, 5.74) is 6.93. The van der Waals surface area contributed by atoms with Crippen LogP contribution in [-0.2, 0) is 0 Å². The number of aryl methyl sites for hydroxylation is 2. The van der Waals surface area contributed by atoms with Crippen LogP contribution in [0.5, 0.6) is 0 Å². The molecule has 0 aliphatic heterocycles. The first kappa shape index (κ1) is 12.5. The summed E-state index contributed by atoms with van der Waals surface area (Å²) in [6, 6.07) is 4.85. The number of benzene rings is 1. The predicted octanol–water partition coefficient (Wildman–Crippen LogP) is 2.72. The number of para-hydroxylation sites is 1. The van der Waals surface area contributed by atoms with Crippen molar-refractivity contribution in [2.75, 3.05) is 5.73 Å². The Balaban J connectivity index is 2.35. The Morgan fingerprint density at radius 1 is 1.44 bits per heavy atom. The zero-order valence-electron chi connectivity index (χ0n) is 9.93. The molecule has 0 amide bonds. The Kier molecular flexibility index (Phi) is 3.29. The summed E-state index contributed by atoms with van der Waals surface area (Å²) in [6.07, 6.45) is 0. The van der Waals surface area contributed by atoms with Crippen molar-refractivity contribution in [3.8, 4) is 0 Å². The second-order valence-electron chi connectivity index (χ2n) is 3.75. The molecule has 0 spiro atoms. The highest BCUT2D eigenvalue weighted by atomic mass is 32.2. The van der Waals surface area contributed by atoms with E-state index < -0.39 is 5.97 Å². The molecule has 0 radical (unpaired) electrons. The van der Waals surface area contributed by atoms with E-state index in [9.17, 15) is 4.79 Å². The lowest BCUT2D eigenvalue weighted by atomic mass is 10.2. The first-order valence-electron chi connectivity index (χ1n) is 5.22. The minimum Gasteiger partial charge on any atom is -0.478 e. The number of rotatable bonds is 3. The molecule has 18 heavy (non-hydrogen) atoms. The van der Waals surface area contributed by atoms with Crippen molar-refractivity contribution in [1.29, 1.82) is 0 Å². The first-order chi connectivity index (χ1) is 8.49. The fourth-order valence-electron chi connectivity index (χ4n) is 1.40. The fourth-order valence-corrected chi connectivity index (χ4v) is 2.30. The number of nitrogens with zero attached hydrogens (tertiary/aromatic N) is 1. The number of aromatic carboxylic acids is 1. The highest BCUT2D eigenvalue weighted by Crippen LogP contribution is 2.33. The average molecular weight is 264 g/mol. The number of carbonyl (C=O) groups is 1. The zero-order valence-corrected chi connectivity index (χ0v) is 10.7. The molecule has 5 nitrogen and oxygen atoms in total. The monoisotopic (exact) mass is 264 g/mol. The quantitative estimate of drug-likeness (QED) is 0.828. The van der Waals surface area contributed by atoms with Gasteiger partial charge in [-0.2, -0.15) is 0 Å². The summed E-state index contributed by atoms with van der Waals surface area (Å²) in [4.78, 5) is 15.8. The molecule has 0 unspecified atom stereocenters. The maximum Gasteiger partial charge on any atom is 0.337 e. The van der Waals surface area contributed by atoms with Gasteiger partial charge in [0.25, 0.3) is 5.22 Å². The lowest BCUT2D eigenvalue weighted by molar-refractivity contribution is 0.0698. The Labute approximate surface area is 108 Å². The van der Waals surface area contributed by atoms with Crippen LogP contribution in [-0.4, -0.2) is 16.1 Å². The van der Waals surface area contributed by atoms with E-state index >= 15 is 0 Å². The van der Waals surface area contributed by atoms with Gasteiger partial charge in [-0.1, -0.05) is 6.07 Å². The van der Waals surface area contributed by atoms with E-state index in [0.29, 0.717) is 10.1 Å². The summed E-state index contributed by atoms with van der Waals surface area (Å²) in [5.74, 6) is -0.305. The van der Waals surface area contributed by atoms with Crippen molar-refractivity contribution in [1.82, 2.24) is 4.98 Å². The van der Waals surface area contributed by atoms with Crippen LogP contribution in [0.25, 0.3) is 0 Å². The molecule has 0 saturated carbocycles. The van der Waals surface area contributed by atoms with Gasteiger partial charge in [0.15, 0.2) is 0 Å². The second kappa shape index (κ2) is 4.73. The Bertz CT molecular complexity index is 588. The van der Waals surface area contributed by atoms with E-state index in [1.165, 1.54) is 17.8 Å². The standard InChI is InChI=1S/C12H12N2O3S/c1-6-7(2)17-12(14-6)18-9-5-3-4-8(10(9)13)11(15)16/h3-5H,13H2,1-2H3,(H,15,16). The molecule has 2 rings (SSSR count). The van der Waals surface area contributed by atoms with Gasteiger partial charge >= 0.3 is 5.97 Å². The van der Waals surface area contributed by atoms with Crippen LogP contribution >= 0.6 is 11.8 Å². The topological polar surface area (TPSA) is 89.3 Å². The lowest BCUT2D eigenvalue weighted by Gasteiger charge is -2.05. The molecular formula is C12H12N2O3S. The second-order valence-corrected chi connectivity index (χ2v) is 4.74. The smallest absolute Gasteiger partial charge is 0.337 e. The van der Waals surface area contributed by atoms with E-state index in [1.54, 1.807) is 12.1 Å². The summed E-state index contributed by atoms with van der Waals surface area (Å²) in [7, 11) is 0. The van der Waals surface area contributed by atoms with Gasteiger partial charge in [-0.3, -0.25) is 0 Å². The van der Waals surface area contributed by atoms with Gasteiger partial charge in [0.05, 0.1) is 16.9 Å². The van der Waals surface area contributed by atoms with Crippen LogP contribution in [0.3, 0.4) is 0 Å². The summed E-state index contributed by atoms with van der Waals surface area (Å²) < 4.78 is 5.42. The van der Waals surface area contributed by atoms with Crippen LogP contribution in [0.15, 0.2) is 32.7 Å². The summed E-state index contributed by atoms with van der Waals surface area (Å²) >= 11 is 1.21. The number of nitrogens with two attached hydrogens (primary N) is 1. The van der Waals surface area contributed by atoms with Gasteiger partial charge in [0.2, 0.25) is 0 Å². The fraction of sp³-hybridized carbons (Fsp3) is 0.167. The number of hydrogen-bond donors (Lipinski definition) is 2. The molecule has 2 aromatic rings. The molecule has 1 heterocycles. The third-order valence-electron chi connectivity index (χ3n) is 2.50. The predicted molar refractivity (Wildman–Crippen MR) is 67.9 cm³/mol. The summed E-state index contributed by atoms with van der Waals surface area (Å²) in [5, 5.41) is 9.43. The minimum absolute atomic E-state index is 0.0833. The normalized spacial score (nSPS) is 10.6. The molecule has 94 valence electrons. The van der Waals surface area contributed by atoms with E-state index in [-0.39, 0.29) is 11.3 Å². The third-order valence-corrected chi connectivity index (χ3v) is 3.43. The zero-order chi connectivity index (χ0) is 13.3. The van der Waals surface area contributed by atoms with E-state index in [2.05, 4.69) is 4.98 Å². The van der Waals surface area contributed by atoms with Crippen molar-refractivity contribution in [3.05, 3.63) is 35.2 Å². The highest BCUT2D eigenvalue weighted by Gasteiger charge is 2.14. The molecule has 0 saturated heterocycles. The molecule has 0 atom stereocenters. The van der Waals surface area contributed by atoms with E-state index in [0.717, 1.165) is 11.5 Å². The maximum atomic E-state index is 11.0. The number of hydrogen-bond acceptors (Lipinski definition) is 5. The van der Waals surface area contributed by atoms with Crippen molar-refractivity contribution in [2.24, 2.45) is 0 Å². The first-order valence-corrected chi connectivity index (χ1v) is 6.04. The number of carboxylic acids is 1. The average Bonchev–Trinajstić information content (AvgIpc) is 2.60. The van der Waals surface area contributed by atoms with Gasteiger partial charge in [-0.25, -0.2) is 9.78 Å². The molecule has 3 N–H and O–H groups in total. The van der Waals surface area contributed by atoms with Gasteiger partial charge < -0.3 is 15.3 Å². The number of nitrogen functional groups attached to an aromatic ring is 1. The lowest BCUT2D eigenvalue weighted by Crippen LogP contribution is -2.03. The molecule has 0 aliphatic carbocycles. The maximum absolute atomic E-state index is 11.0. The van der Waals surface area contributed by atoms with Crippen molar-refractivity contribution < 1.29 is 14.3 Å². The molecule has 0 aliphatic rings. The van der Waals surface area contributed by atoms with Crippen LogP contribution in [0.2, 0.25) is 0 Å². The number of aromatic nitrogens is 1. The van der Waals surface area contributed by atoms with Gasteiger partial charge in [-0.15, -0.1) is 0 Å². The third kappa shape index (κ3) is 2.33. The Morgan fingerprint density at radius 2 is 2.17 bits per heavy atom. The SMILES string of the molecule is Cc1nc(Sc2cccc(C(=O)O)c2N)oc1C. The molecule has 0 fully saturated rings. The Hall–Kier alpha value is -1.95. The molecule has 1 aromatic heterocycles. The van der Waals surface area contributed by atoms with Crippen molar-refractivity contribution in [2.45, 2.75) is 24.0 Å². The van der Waals surface area contributed by atoms with E-state index in [1.807, 2.05) is 13.8 Å². The molecular weight excluding hydrogens is 252 g/mol. The van der Waals surface area contributed by atoms with Gasteiger partial charge in [-0.05, 0) is 37.7 Å². The minimum atomic E-state index is -1.05. The van der Waals surface area contributed by atoms with Crippen LogP contribution in [0.4, 0.5) is 5.69 Å². The van der Waals surface area contributed by atoms with E-state index in [4.69, 9.17) is 15.3 Å². The van der Waals surface area contributed by atoms with Gasteiger partial charge in [0, 0.05) is 4.90 Å².